The minimum Gasteiger partial charge on any atom is -0.449 e. The zero-order valence-corrected chi connectivity index (χ0v) is 11.4. The highest BCUT2D eigenvalue weighted by Gasteiger charge is 2.39. The van der Waals surface area contributed by atoms with Gasteiger partial charge in [0.1, 0.15) is 12.4 Å². The number of amides is 1. The maximum atomic E-state index is 13.8. The van der Waals surface area contributed by atoms with Crippen molar-refractivity contribution in [3.8, 4) is 0 Å². The summed E-state index contributed by atoms with van der Waals surface area (Å²) < 4.78 is 18.8. The van der Waals surface area contributed by atoms with Crippen molar-refractivity contribution in [1.29, 1.82) is 0 Å². The Balaban J connectivity index is 0.00000162. The molecule has 0 aromatic heterocycles. The normalized spacial score (nSPS) is 21.6. The van der Waals surface area contributed by atoms with E-state index >= 15 is 0 Å². The quantitative estimate of drug-likeness (QED) is 0.852. The molecule has 1 aliphatic heterocycles. The Labute approximate surface area is 112 Å². The fourth-order valence-electron chi connectivity index (χ4n) is 2.07. The van der Waals surface area contributed by atoms with E-state index < -0.39 is 6.09 Å². The maximum Gasteiger partial charge on any atom is 0.407 e. The van der Waals surface area contributed by atoms with E-state index in [2.05, 4.69) is 5.32 Å². The Hall–Kier alpha value is -1.29. The number of nitrogens with one attached hydrogen (secondary N) is 1. The Morgan fingerprint density at radius 1 is 1.44 bits per heavy atom. The lowest BCUT2D eigenvalue weighted by Crippen LogP contribution is -2.47. The number of rotatable bonds is 1. The highest BCUT2D eigenvalue weighted by molar-refractivity contribution is 5.85. The van der Waals surface area contributed by atoms with Gasteiger partial charge in [-0.3, -0.25) is 0 Å². The van der Waals surface area contributed by atoms with Crippen LogP contribution in [0.25, 0.3) is 0 Å². The van der Waals surface area contributed by atoms with E-state index in [1.165, 1.54) is 6.07 Å². The van der Waals surface area contributed by atoms with E-state index in [4.69, 9.17) is 4.74 Å². The lowest BCUT2D eigenvalue weighted by Gasteiger charge is -2.38. The molecule has 1 saturated heterocycles. The van der Waals surface area contributed by atoms with Gasteiger partial charge >= 0.3 is 6.09 Å². The minimum atomic E-state index is -0.491. The summed E-state index contributed by atoms with van der Waals surface area (Å²) in [5.74, 6) is -0.295. The largest absolute Gasteiger partial charge is 0.449 e. The summed E-state index contributed by atoms with van der Waals surface area (Å²) in [4.78, 5) is 11.3. The summed E-state index contributed by atoms with van der Waals surface area (Å²) in [6.45, 7) is 6.08. The first kappa shape index (κ1) is 14.8. The molecule has 1 N–H and O–H groups in total. The van der Waals surface area contributed by atoms with Gasteiger partial charge < -0.3 is 10.1 Å². The third kappa shape index (κ3) is 2.75. The predicted octanol–water partition coefficient (Wildman–Crippen LogP) is 3.36. The molecule has 0 aliphatic carbocycles. The van der Waals surface area contributed by atoms with E-state index in [-0.39, 0.29) is 36.3 Å². The molecule has 1 fully saturated rings. The van der Waals surface area contributed by atoms with Gasteiger partial charge in [-0.15, -0.1) is 12.4 Å². The number of cyclic esters (lactones) is 1. The molecule has 18 heavy (non-hydrogen) atoms. The summed E-state index contributed by atoms with van der Waals surface area (Å²) >= 11 is 0. The van der Waals surface area contributed by atoms with E-state index in [9.17, 15) is 9.18 Å². The number of carbonyl (C=O) groups is 1. The van der Waals surface area contributed by atoms with Crippen molar-refractivity contribution in [1.82, 2.24) is 5.32 Å². The summed E-state index contributed by atoms with van der Waals surface area (Å²) in [5, 5.41) is 2.69. The second kappa shape index (κ2) is 5.14. The molecule has 2 rings (SSSR count). The zero-order chi connectivity index (χ0) is 12.6. The number of hydrogen-bond donors (Lipinski definition) is 1. The summed E-state index contributed by atoms with van der Waals surface area (Å²) in [6, 6.07) is 4.56. The first-order chi connectivity index (χ1) is 7.90. The number of carbonyl (C=O) groups excluding carboxylic acids is 1. The van der Waals surface area contributed by atoms with Gasteiger partial charge in [-0.25, -0.2) is 9.18 Å². The summed E-state index contributed by atoms with van der Waals surface area (Å²) in [5.41, 5.74) is 1.16. The van der Waals surface area contributed by atoms with Crippen LogP contribution in [-0.2, 0) is 4.74 Å². The molecule has 0 bridgehead atoms. The van der Waals surface area contributed by atoms with Crippen LogP contribution in [0.15, 0.2) is 18.2 Å². The highest BCUT2D eigenvalue weighted by Crippen LogP contribution is 2.37. The van der Waals surface area contributed by atoms with E-state index in [0.717, 1.165) is 5.56 Å². The monoisotopic (exact) mass is 273 g/mol. The number of ether oxygens (including phenoxy) is 1. The molecular weight excluding hydrogens is 257 g/mol. The van der Waals surface area contributed by atoms with Crippen molar-refractivity contribution in [2.45, 2.75) is 26.8 Å². The molecule has 0 saturated carbocycles. The minimum absolute atomic E-state index is 0. The predicted molar refractivity (Wildman–Crippen MR) is 69.4 cm³/mol. The number of alkyl carbamates (subject to hydrolysis) is 1. The van der Waals surface area contributed by atoms with Crippen LogP contribution in [0.5, 0.6) is 0 Å². The molecule has 3 nitrogen and oxygen atoms in total. The Morgan fingerprint density at radius 3 is 2.78 bits per heavy atom. The van der Waals surface area contributed by atoms with Crippen molar-refractivity contribution in [3.63, 3.8) is 0 Å². The Kier molecular flexibility index (Phi) is 4.22. The molecule has 1 atom stereocenters. The van der Waals surface area contributed by atoms with Crippen LogP contribution in [0.4, 0.5) is 9.18 Å². The number of benzene rings is 1. The molecule has 0 spiro atoms. The zero-order valence-electron chi connectivity index (χ0n) is 10.6. The fraction of sp³-hybridized carbons (Fsp3) is 0.462. The standard InChI is InChI=1S/C13H16FNO2.ClH/c1-8-4-5-10(14)9(6-8)11-13(2,3)7-17-12(16)15-11;/h4-6,11H,7H2,1-3H3,(H,15,16);1H/t11-;/m0./s1. The molecule has 0 radical (unpaired) electrons. The molecule has 1 aliphatic rings. The molecule has 1 aromatic rings. The van der Waals surface area contributed by atoms with E-state index in [0.29, 0.717) is 5.56 Å². The SMILES string of the molecule is Cc1ccc(F)c([C@@H]2NC(=O)OCC2(C)C)c1.Cl. The second-order valence-corrected chi connectivity index (χ2v) is 5.17. The average Bonchev–Trinajstić information content (AvgIpc) is 2.26. The van der Waals surface area contributed by atoms with E-state index in [1.54, 1.807) is 12.1 Å². The van der Waals surface area contributed by atoms with Gasteiger partial charge in [0.25, 0.3) is 0 Å². The van der Waals surface area contributed by atoms with Gasteiger partial charge in [-0.2, -0.15) is 0 Å². The summed E-state index contributed by atoms with van der Waals surface area (Å²) in [7, 11) is 0. The topological polar surface area (TPSA) is 38.3 Å². The molecule has 5 heteroatoms. The molecule has 1 heterocycles. The van der Waals surface area contributed by atoms with Crippen LogP contribution in [0.1, 0.15) is 31.0 Å². The Bertz CT molecular complexity index is 462. The maximum absolute atomic E-state index is 13.8. The summed E-state index contributed by atoms with van der Waals surface area (Å²) in [6.07, 6.45) is -0.491. The molecule has 1 aromatic carbocycles. The number of hydrogen-bond acceptors (Lipinski definition) is 2. The van der Waals surface area contributed by atoms with Gasteiger partial charge in [-0.1, -0.05) is 31.5 Å². The van der Waals surface area contributed by atoms with Crippen LogP contribution < -0.4 is 5.32 Å². The second-order valence-electron chi connectivity index (χ2n) is 5.17. The number of aryl methyl sites for hydroxylation is 1. The molecule has 1 amide bonds. The van der Waals surface area contributed by atoms with Crippen LogP contribution in [0, 0.1) is 18.2 Å². The van der Waals surface area contributed by atoms with Gasteiger partial charge in [0.15, 0.2) is 0 Å². The van der Waals surface area contributed by atoms with Crippen molar-refractivity contribution in [3.05, 3.63) is 35.1 Å². The van der Waals surface area contributed by atoms with Crippen LogP contribution in [-0.4, -0.2) is 12.7 Å². The first-order valence-corrected chi connectivity index (χ1v) is 5.59. The first-order valence-electron chi connectivity index (χ1n) is 5.59. The van der Waals surface area contributed by atoms with E-state index in [1.807, 2.05) is 20.8 Å². The van der Waals surface area contributed by atoms with Crippen LogP contribution in [0.3, 0.4) is 0 Å². The van der Waals surface area contributed by atoms with Crippen molar-refractivity contribution in [2.24, 2.45) is 5.41 Å². The molecule has 100 valence electrons. The molecular formula is C13H17ClFNO2. The van der Waals surface area contributed by atoms with Crippen molar-refractivity contribution < 1.29 is 13.9 Å². The smallest absolute Gasteiger partial charge is 0.407 e. The highest BCUT2D eigenvalue weighted by atomic mass is 35.5. The van der Waals surface area contributed by atoms with Crippen LogP contribution in [0.2, 0.25) is 0 Å². The van der Waals surface area contributed by atoms with Gasteiger partial charge in [0, 0.05) is 11.0 Å². The Morgan fingerprint density at radius 2 is 2.11 bits per heavy atom. The average molecular weight is 274 g/mol. The van der Waals surface area contributed by atoms with Crippen molar-refractivity contribution >= 4 is 18.5 Å². The third-order valence-electron chi connectivity index (χ3n) is 3.08. The van der Waals surface area contributed by atoms with Gasteiger partial charge in [-0.05, 0) is 13.0 Å². The lowest BCUT2D eigenvalue weighted by atomic mass is 9.80. The third-order valence-corrected chi connectivity index (χ3v) is 3.08. The van der Waals surface area contributed by atoms with Crippen LogP contribution >= 0.6 is 12.4 Å². The van der Waals surface area contributed by atoms with Crippen molar-refractivity contribution in [2.75, 3.05) is 6.61 Å². The number of halogens is 2. The fourth-order valence-corrected chi connectivity index (χ4v) is 2.07. The molecule has 0 unspecified atom stereocenters. The van der Waals surface area contributed by atoms with Gasteiger partial charge in [0.05, 0.1) is 6.04 Å². The van der Waals surface area contributed by atoms with Gasteiger partial charge in [0.2, 0.25) is 0 Å². The lowest BCUT2D eigenvalue weighted by molar-refractivity contribution is 0.0377.